The fourth-order valence-electron chi connectivity index (χ4n) is 3.41. The summed E-state index contributed by atoms with van der Waals surface area (Å²) in [4.78, 5) is 12.4. The molecule has 0 saturated heterocycles. The minimum Gasteiger partial charge on any atom is -0.496 e. The van der Waals surface area contributed by atoms with E-state index in [0.29, 0.717) is 22.5 Å². The predicted octanol–water partition coefficient (Wildman–Crippen LogP) is 6.57. The third-order valence-electron chi connectivity index (χ3n) is 5.01. The lowest BCUT2D eigenvalue weighted by atomic mass is 9.99. The summed E-state index contributed by atoms with van der Waals surface area (Å²) in [6, 6.07) is 12.7. The van der Waals surface area contributed by atoms with Crippen LogP contribution >= 0.6 is 0 Å². The van der Waals surface area contributed by atoms with Crippen LogP contribution < -0.4 is 10.1 Å². The van der Waals surface area contributed by atoms with Crippen molar-refractivity contribution in [3.8, 4) is 16.9 Å². The number of benzene rings is 3. The van der Waals surface area contributed by atoms with Crippen molar-refractivity contribution >= 4 is 28.1 Å². The minimum absolute atomic E-state index is 0.133. The van der Waals surface area contributed by atoms with Gasteiger partial charge in [0.15, 0.2) is 11.6 Å². The molecule has 4 aromatic rings. The van der Waals surface area contributed by atoms with Gasteiger partial charge in [-0.3, -0.25) is 4.79 Å². The van der Waals surface area contributed by atoms with Crippen molar-refractivity contribution in [2.45, 2.75) is 6.92 Å². The predicted molar refractivity (Wildman–Crippen MR) is 117 cm³/mol. The zero-order valence-corrected chi connectivity index (χ0v) is 17.2. The van der Waals surface area contributed by atoms with Gasteiger partial charge < -0.3 is 14.5 Å². The Labute approximate surface area is 181 Å². The van der Waals surface area contributed by atoms with Crippen molar-refractivity contribution in [1.29, 1.82) is 0 Å². The molecule has 1 heterocycles. The number of methoxy groups -OCH3 is 1. The van der Waals surface area contributed by atoms with E-state index >= 15 is 0 Å². The van der Waals surface area contributed by atoms with Crippen molar-refractivity contribution in [3.63, 3.8) is 0 Å². The smallest absolute Gasteiger partial charge is 0.248 e. The monoisotopic (exact) mass is 437 g/mol. The van der Waals surface area contributed by atoms with Gasteiger partial charge in [-0.2, -0.15) is 0 Å². The fourth-order valence-corrected chi connectivity index (χ4v) is 3.41. The first kappa shape index (κ1) is 21.2. The summed E-state index contributed by atoms with van der Waals surface area (Å²) in [6.45, 7) is 1.73. The van der Waals surface area contributed by atoms with Crippen LogP contribution in [0.5, 0.6) is 5.75 Å². The molecule has 0 aliphatic heterocycles. The molecule has 0 unspecified atom stereocenters. The molecule has 0 aliphatic carbocycles. The number of rotatable bonds is 5. The molecule has 162 valence electrons. The van der Waals surface area contributed by atoms with Crippen LogP contribution in [0, 0.1) is 17.5 Å². The van der Waals surface area contributed by atoms with Gasteiger partial charge in [-0.1, -0.05) is 12.1 Å². The highest BCUT2D eigenvalue weighted by molar-refractivity contribution is 6.05. The Morgan fingerprint density at radius 3 is 2.44 bits per heavy atom. The number of hydrogen-bond donors (Lipinski definition) is 1. The first-order chi connectivity index (χ1) is 15.4. The Balaban J connectivity index is 1.69. The lowest BCUT2D eigenvalue weighted by Crippen LogP contribution is -2.09. The van der Waals surface area contributed by atoms with Crippen LogP contribution in [-0.4, -0.2) is 13.0 Å². The highest BCUT2D eigenvalue weighted by atomic mass is 19.2. The summed E-state index contributed by atoms with van der Waals surface area (Å²) in [5, 5.41) is 3.27. The molecule has 7 heteroatoms. The van der Waals surface area contributed by atoms with E-state index in [4.69, 9.17) is 9.15 Å². The largest absolute Gasteiger partial charge is 0.496 e. The molecule has 3 aromatic carbocycles. The molecule has 0 saturated carbocycles. The summed E-state index contributed by atoms with van der Waals surface area (Å²) < 4.78 is 50.9. The van der Waals surface area contributed by atoms with Gasteiger partial charge in [0.1, 0.15) is 17.1 Å². The van der Waals surface area contributed by atoms with Crippen molar-refractivity contribution in [1.82, 2.24) is 0 Å². The van der Waals surface area contributed by atoms with E-state index < -0.39 is 17.5 Å². The summed E-state index contributed by atoms with van der Waals surface area (Å²) in [7, 11) is 1.50. The van der Waals surface area contributed by atoms with Crippen LogP contribution in [0.1, 0.15) is 12.5 Å². The number of ether oxygens (including phenoxy) is 1. The fraction of sp³-hybridized carbons (Fsp3) is 0.0800. The molecule has 4 nitrogen and oxygen atoms in total. The van der Waals surface area contributed by atoms with E-state index in [1.165, 1.54) is 31.4 Å². The average Bonchev–Trinajstić information content (AvgIpc) is 3.18. The molecule has 0 bridgehead atoms. The zero-order valence-electron chi connectivity index (χ0n) is 17.2. The number of furan rings is 1. The molecule has 0 spiro atoms. The third kappa shape index (κ3) is 4.23. The van der Waals surface area contributed by atoms with Crippen LogP contribution in [0.4, 0.5) is 18.9 Å². The molecule has 0 radical (unpaired) electrons. The quantitative estimate of drug-likeness (QED) is 0.360. The van der Waals surface area contributed by atoms with Crippen LogP contribution in [0.2, 0.25) is 0 Å². The summed E-state index contributed by atoms with van der Waals surface area (Å²) >= 11 is 0. The zero-order chi connectivity index (χ0) is 22.8. The van der Waals surface area contributed by atoms with Crippen molar-refractivity contribution < 1.29 is 27.1 Å². The Bertz CT molecular complexity index is 1340. The summed E-state index contributed by atoms with van der Waals surface area (Å²) in [5.41, 5.74) is 3.47. The van der Waals surface area contributed by atoms with Gasteiger partial charge in [-0.25, -0.2) is 13.2 Å². The number of carbonyl (C=O) groups is 1. The molecular weight excluding hydrogens is 419 g/mol. The number of hydrogen-bond acceptors (Lipinski definition) is 3. The van der Waals surface area contributed by atoms with Gasteiger partial charge in [0, 0.05) is 40.4 Å². The number of amides is 1. The Morgan fingerprint density at radius 2 is 1.75 bits per heavy atom. The average molecular weight is 437 g/mol. The van der Waals surface area contributed by atoms with Crippen LogP contribution in [0.25, 0.3) is 27.7 Å². The van der Waals surface area contributed by atoms with Gasteiger partial charge in [0.05, 0.1) is 13.4 Å². The van der Waals surface area contributed by atoms with Crippen molar-refractivity contribution in [3.05, 3.63) is 90.0 Å². The standard InChI is InChI=1S/C25H18F3NO3/c1-14(9-25(30)29-17-7-8-21(27)22(28)10-17)18-11-19-20(15-3-5-16(26)6-4-15)13-32-24(19)12-23(18)31-2/h3-13H,1-2H3,(H,29,30)/b14-9+. The van der Waals surface area contributed by atoms with E-state index in [-0.39, 0.29) is 11.5 Å². The van der Waals surface area contributed by atoms with E-state index in [1.807, 2.05) is 6.07 Å². The van der Waals surface area contributed by atoms with E-state index in [1.54, 1.807) is 31.4 Å². The first-order valence-corrected chi connectivity index (χ1v) is 9.65. The maximum absolute atomic E-state index is 13.4. The highest BCUT2D eigenvalue weighted by Crippen LogP contribution is 2.37. The molecule has 0 atom stereocenters. The van der Waals surface area contributed by atoms with Gasteiger partial charge in [0.25, 0.3) is 0 Å². The number of carbonyl (C=O) groups excluding carboxylic acids is 1. The SMILES string of the molecule is COc1cc2occ(-c3ccc(F)cc3)c2cc1/C(C)=C/C(=O)Nc1ccc(F)c(F)c1. The number of nitrogens with one attached hydrogen (secondary N) is 1. The molecule has 4 rings (SSSR count). The maximum Gasteiger partial charge on any atom is 0.248 e. The van der Waals surface area contributed by atoms with E-state index in [0.717, 1.165) is 28.6 Å². The molecule has 32 heavy (non-hydrogen) atoms. The van der Waals surface area contributed by atoms with Crippen LogP contribution in [0.15, 0.2) is 71.4 Å². The van der Waals surface area contributed by atoms with Crippen molar-refractivity contribution in [2.24, 2.45) is 0 Å². The van der Waals surface area contributed by atoms with Gasteiger partial charge >= 0.3 is 0 Å². The second kappa shape index (κ2) is 8.63. The van der Waals surface area contributed by atoms with Crippen LogP contribution in [-0.2, 0) is 4.79 Å². The van der Waals surface area contributed by atoms with E-state index in [9.17, 15) is 18.0 Å². The lowest BCUT2D eigenvalue weighted by Gasteiger charge is -2.10. The third-order valence-corrected chi connectivity index (χ3v) is 5.01. The maximum atomic E-state index is 13.4. The second-order valence-corrected chi connectivity index (χ2v) is 7.15. The van der Waals surface area contributed by atoms with Gasteiger partial charge in [0.2, 0.25) is 5.91 Å². The van der Waals surface area contributed by atoms with Crippen LogP contribution in [0.3, 0.4) is 0 Å². The Hall–Kier alpha value is -4.00. The molecule has 1 aromatic heterocycles. The molecular formula is C25H18F3NO3. The topological polar surface area (TPSA) is 51.5 Å². The molecule has 0 fully saturated rings. The summed E-state index contributed by atoms with van der Waals surface area (Å²) in [6.07, 6.45) is 2.92. The lowest BCUT2D eigenvalue weighted by molar-refractivity contribution is -0.111. The van der Waals surface area contributed by atoms with Gasteiger partial charge in [-0.05, 0) is 48.4 Å². The number of fused-ring (bicyclic) bond motifs is 1. The number of halogens is 3. The number of allylic oxidation sites excluding steroid dienone is 1. The highest BCUT2D eigenvalue weighted by Gasteiger charge is 2.15. The van der Waals surface area contributed by atoms with Crippen molar-refractivity contribution in [2.75, 3.05) is 12.4 Å². The first-order valence-electron chi connectivity index (χ1n) is 9.65. The Kier molecular flexibility index (Phi) is 5.73. The summed E-state index contributed by atoms with van der Waals surface area (Å²) in [5.74, 6) is -2.41. The molecule has 0 aliphatic rings. The molecule has 1 amide bonds. The van der Waals surface area contributed by atoms with E-state index in [2.05, 4.69) is 5.32 Å². The molecule has 1 N–H and O–H groups in total. The van der Waals surface area contributed by atoms with Gasteiger partial charge in [-0.15, -0.1) is 0 Å². The number of anilines is 1. The second-order valence-electron chi connectivity index (χ2n) is 7.15. The minimum atomic E-state index is -1.05. The Morgan fingerprint density at radius 1 is 1.00 bits per heavy atom. The normalized spacial score (nSPS) is 11.6.